The van der Waals surface area contributed by atoms with Crippen molar-refractivity contribution in [3.63, 3.8) is 0 Å². The molecule has 1 aromatic carbocycles. The van der Waals surface area contributed by atoms with Crippen molar-refractivity contribution < 1.29 is 4.39 Å². The molecule has 0 unspecified atom stereocenters. The van der Waals surface area contributed by atoms with Gasteiger partial charge in [-0.15, -0.1) is 0 Å². The van der Waals surface area contributed by atoms with Crippen molar-refractivity contribution in [2.45, 2.75) is 0 Å². The lowest BCUT2D eigenvalue weighted by Gasteiger charge is -1.97. The molecule has 1 aromatic rings. The molecule has 0 spiro atoms. The molecule has 0 saturated heterocycles. The molecular formula is C7H2BrFIN. The monoisotopic (exact) mass is 325 g/mol. The Balaban J connectivity index is 3.44. The van der Waals surface area contributed by atoms with Gasteiger partial charge in [0, 0.05) is 3.57 Å². The molecule has 0 atom stereocenters. The molecule has 1 rings (SSSR count). The third kappa shape index (κ3) is 1.71. The van der Waals surface area contributed by atoms with E-state index in [1.54, 1.807) is 18.2 Å². The number of hydrogen-bond donors (Lipinski definition) is 0. The van der Waals surface area contributed by atoms with Gasteiger partial charge in [-0.25, -0.2) is 4.39 Å². The smallest absolute Gasteiger partial charge is 0.156 e. The zero-order valence-corrected chi connectivity index (χ0v) is 8.98. The summed E-state index contributed by atoms with van der Waals surface area (Å²) < 4.78 is 13.9. The number of halogens is 3. The lowest BCUT2D eigenvalue weighted by molar-refractivity contribution is 0.616. The van der Waals surface area contributed by atoms with Gasteiger partial charge in [-0.3, -0.25) is 0 Å². The number of benzene rings is 1. The molecule has 1 nitrogen and oxygen atoms in total. The second-order valence-corrected chi connectivity index (χ2v) is 3.85. The van der Waals surface area contributed by atoms with Gasteiger partial charge < -0.3 is 0 Å². The van der Waals surface area contributed by atoms with Crippen molar-refractivity contribution in [1.82, 2.24) is 0 Å². The van der Waals surface area contributed by atoms with E-state index in [2.05, 4.69) is 15.9 Å². The minimum atomic E-state index is -0.487. The average molecular weight is 326 g/mol. The molecular weight excluding hydrogens is 324 g/mol. The minimum Gasteiger partial charge on any atom is -0.204 e. The highest BCUT2D eigenvalue weighted by Crippen LogP contribution is 2.22. The van der Waals surface area contributed by atoms with Crippen molar-refractivity contribution in [3.8, 4) is 6.07 Å². The maximum atomic E-state index is 13.0. The van der Waals surface area contributed by atoms with Crippen LogP contribution in [0, 0.1) is 20.7 Å². The van der Waals surface area contributed by atoms with Crippen molar-refractivity contribution in [3.05, 3.63) is 31.6 Å². The molecule has 56 valence electrons. The Kier molecular flexibility index (Phi) is 2.84. The summed E-state index contributed by atoms with van der Waals surface area (Å²) >= 11 is 4.91. The van der Waals surface area contributed by atoms with E-state index < -0.39 is 5.82 Å². The van der Waals surface area contributed by atoms with Gasteiger partial charge in [0.1, 0.15) is 11.6 Å². The van der Waals surface area contributed by atoms with E-state index in [1.807, 2.05) is 22.6 Å². The van der Waals surface area contributed by atoms with Crippen LogP contribution in [-0.4, -0.2) is 0 Å². The van der Waals surface area contributed by atoms with Crippen LogP contribution in [0.3, 0.4) is 0 Å². The normalized spacial score (nSPS) is 9.27. The topological polar surface area (TPSA) is 23.8 Å². The van der Waals surface area contributed by atoms with E-state index in [-0.39, 0.29) is 5.56 Å². The zero-order chi connectivity index (χ0) is 8.43. The van der Waals surface area contributed by atoms with Crippen molar-refractivity contribution >= 4 is 38.5 Å². The third-order valence-corrected chi connectivity index (χ3v) is 2.67. The first-order valence-corrected chi connectivity index (χ1v) is 4.57. The van der Waals surface area contributed by atoms with Gasteiger partial charge >= 0.3 is 0 Å². The fourth-order valence-electron chi connectivity index (χ4n) is 0.630. The molecule has 0 amide bonds. The Morgan fingerprint density at radius 3 is 2.64 bits per heavy atom. The predicted molar refractivity (Wildman–Crippen MR) is 51.5 cm³/mol. The summed E-state index contributed by atoms with van der Waals surface area (Å²) in [6.45, 7) is 0. The highest BCUT2D eigenvalue weighted by molar-refractivity contribution is 14.1. The third-order valence-electron chi connectivity index (χ3n) is 1.16. The van der Waals surface area contributed by atoms with Crippen LogP contribution in [0.5, 0.6) is 0 Å². The Labute approximate surface area is 85.5 Å². The standard InChI is InChI=1S/C7H2BrFIN/c8-5-1-2-6(10)4(3-11)7(5)9/h1-2H. The fourth-order valence-corrected chi connectivity index (χ4v) is 1.50. The van der Waals surface area contributed by atoms with E-state index >= 15 is 0 Å². The second kappa shape index (κ2) is 3.50. The minimum absolute atomic E-state index is 0.0972. The van der Waals surface area contributed by atoms with E-state index in [0.717, 1.165) is 0 Å². The largest absolute Gasteiger partial charge is 0.204 e. The van der Waals surface area contributed by atoms with E-state index in [0.29, 0.717) is 8.04 Å². The number of nitrogens with zero attached hydrogens (tertiary/aromatic N) is 1. The molecule has 0 bridgehead atoms. The molecule has 0 heterocycles. The number of rotatable bonds is 0. The lowest BCUT2D eigenvalue weighted by Crippen LogP contribution is -1.88. The van der Waals surface area contributed by atoms with Crippen LogP contribution < -0.4 is 0 Å². The molecule has 0 aliphatic rings. The molecule has 0 aromatic heterocycles. The van der Waals surface area contributed by atoms with Crippen molar-refractivity contribution in [2.75, 3.05) is 0 Å². The summed E-state index contributed by atoms with van der Waals surface area (Å²) in [5.41, 5.74) is 0.0972. The van der Waals surface area contributed by atoms with Crippen LogP contribution in [0.2, 0.25) is 0 Å². The molecule has 0 aliphatic heterocycles. The van der Waals surface area contributed by atoms with Gasteiger partial charge in [-0.2, -0.15) is 5.26 Å². The summed E-state index contributed by atoms with van der Waals surface area (Å²) in [6.07, 6.45) is 0. The molecule has 11 heavy (non-hydrogen) atoms. The maximum Gasteiger partial charge on any atom is 0.156 e. The van der Waals surface area contributed by atoms with Gasteiger partial charge in [0.05, 0.1) is 4.47 Å². The first-order valence-electron chi connectivity index (χ1n) is 2.70. The summed E-state index contributed by atoms with van der Waals surface area (Å²) in [5, 5.41) is 8.51. The second-order valence-electron chi connectivity index (χ2n) is 1.83. The van der Waals surface area contributed by atoms with E-state index in [1.165, 1.54) is 0 Å². The Morgan fingerprint density at radius 1 is 1.55 bits per heavy atom. The van der Waals surface area contributed by atoms with Crippen LogP contribution in [0.15, 0.2) is 16.6 Å². The Hall–Kier alpha value is -0.150. The van der Waals surface area contributed by atoms with Crippen molar-refractivity contribution in [2.24, 2.45) is 0 Å². The van der Waals surface area contributed by atoms with E-state index in [4.69, 9.17) is 5.26 Å². The van der Waals surface area contributed by atoms with Crippen LogP contribution in [0.4, 0.5) is 4.39 Å². The molecule has 0 N–H and O–H groups in total. The highest BCUT2D eigenvalue weighted by Gasteiger charge is 2.08. The van der Waals surface area contributed by atoms with E-state index in [9.17, 15) is 4.39 Å². The van der Waals surface area contributed by atoms with Crippen LogP contribution in [-0.2, 0) is 0 Å². The van der Waals surface area contributed by atoms with Crippen molar-refractivity contribution in [1.29, 1.82) is 5.26 Å². The van der Waals surface area contributed by atoms with Gasteiger partial charge in [0.2, 0.25) is 0 Å². The van der Waals surface area contributed by atoms with Gasteiger partial charge in [-0.05, 0) is 50.7 Å². The molecule has 0 radical (unpaired) electrons. The molecule has 0 saturated carbocycles. The summed E-state index contributed by atoms with van der Waals surface area (Å²) in [4.78, 5) is 0. The zero-order valence-electron chi connectivity index (χ0n) is 5.24. The quantitative estimate of drug-likeness (QED) is 0.531. The first-order chi connectivity index (χ1) is 5.16. The Bertz CT molecular complexity index is 332. The average Bonchev–Trinajstić information content (AvgIpc) is 1.99. The molecule has 0 fully saturated rings. The summed E-state index contributed by atoms with van der Waals surface area (Å²) in [5.74, 6) is -0.487. The van der Waals surface area contributed by atoms with Gasteiger partial charge in [0.25, 0.3) is 0 Å². The lowest BCUT2D eigenvalue weighted by atomic mass is 10.2. The molecule has 0 aliphatic carbocycles. The van der Waals surface area contributed by atoms with Crippen LogP contribution >= 0.6 is 38.5 Å². The van der Waals surface area contributed by atoms with Gasteiger partial charge in [0.15, 0.2) is 5.82 Å². The maximum absolute atomic E-state index is 13.0. The predicted octanol–water partition coefficient (Wildman–Crippen LogP) is 3.06. The first kappa shape index (κ1) is 8.94. The number of nitriles is 1. The SMILES string of the molecule is N#Cc1c(I)ccc(Br)c1F. The van der Waals surface area contributed by atoms with Crippen LogP contribution in [0.1, 0.15) is 5.56 Å². The fraction of sp³-hybridized carbons (Fsp3) is 0. The highest BCUT2D eigenvalue weighted by atomic mass is 127. The Morgan fingerprint density at radius 2 is 2.18 bits per heavy atom. The molecule has 4 heteroatoms. The van der Waals surface area contributed by atoms with Gasteiger partial charge in [-0.1, -0.05) is 0 Å². The number of hydrogen-bond acceptors (Lipinski definition) is 1. The summed E-state index contributed by atoms with van der Waals surface area (Å²) in [6, 6.07) is 5.06. The summed E-state index contributed by atoms with van der Waals surface area (Å²) in [7, 11) is 0. The van der Waals surface area contributed by atoms with Crippen LogP contribution in [0.25, 0.3) is 0 Å².